The third-order valence-electron chi connectivity index (χ3n) is 11.9. The monoisotopic (exact) mass is 817 g/mol. The molecule has 6 nitrogen and oxygen atoms in total. The van der Waals surface area contributed by atoms with Gasteiger partial charge in [0.05, 0.1) is 57.7 Å². The molecule has 306 valence electrons. The number of pyridine rings is 2. The van der Waals surface area contributed by atoms with E-state index in [0.29, 0.717) is 28.2 Å². The summed E-state index contributed by atoms with van der Waals surface area (Å²) in [6.07, 6.45) is 0. The number of para-hydroxylation sites is 2. The van der Waals surface area contributed by atoms with Gasteiger partial charge in [0.1, 0.15) is 5.75 Å². The summed E-state index contributed by atoms with van der Waals surface area (Å²) >= 11 is 0. The van der Waals surface area contributed by atoms with Crippen LogP contribution in [0.1, 0.15) is 63.8 Å². The molecule has 0 bridgehead atoms. The Bertz CT molecular complexity index is 3300. The Morgan fingerprint density at radius 2 is 1.14 bits per heavy atom. The number of aromatic hydroxyl groups is 1. The van der Waals surface area contributed by atoms with Crippen molar-refractivity contribution in [1.29, 1.82) is 5.26 Å². The topological polar surface area (TPSA) is 79.1 Å². The van der Waals surface area contributed by atoms with Crippen molar-refractivity contribution in [2.24, 2.45) is 0 Å². The van der Waals surface area contributed by atoms with Gasteiger partial charge < -0.3 is 9.67 Å². The minimum atomic E-state index is -0.0591. The number of benzene rings is 6. The first kappa shape index (κ1) is 40.6. The summed E-state index contributed by atoms with van der Waals surface area (Å²) in [6, 6.07) is 53.4. The highest BCUT2D eigenvalue weighted by molar-refractivity contribution is 6.11. The standard InChI is InChI=1S/C57H47N5O/c1-35-25-41(34-58)55(51(26-35)59-8)62-52-21-11-9-17-44(52)45-24-23-38(32-53(45)62)48-20-14-19-47(60-48)36-15-13-16-37(27-36)49-30-40(31-50(61-49)46-18-10-12-22-54(46)63)39-28-42(56(2,3)4)33-43(29-39)57(5,6)7/h9-33,63H,1-7H3. The summed E-state index contributed by atoms with van der Waals surface area (Å²) in [5.74, 6) is 0.177. The molecule has 9 rings (SSSR count). The van der Waals surface area contributed by atoms with Crippen molar-refractivity contribution in [3.63, 3.8) is 0 Å². The SMILES string of the molecule is [C-]#[N+]c1cc(C)cc(C#N)c1-n1c2ccccc2c2ccc(-c3cccc(-c4cccc(-c5cc(-c6cc(C(C)(C)C)cc(C(C)(C)C)c6)cc(-c6ccccc6O)n5)c4)n3)cc21. The summed E-state index contributed by atoms with van der Waals surface area (Å²) in [4.78, 5) is 14.3. The molecular formula is C57H47N5O. The number of phenolic OH excluding ortho intramolecular Hbond substituents is 1. The lowest BCUT2D eigenvalue weighted by molar-refractivity contribution is 0.477. The molecule has 0 aliphatic heterocycles. The third-order valence-corrected chi connectivity index (χ3v) is 11.9. The molecule has 63 heavy (non-hydrogen) atoms. The van der Waals surface area contributed by atoms with E-state index in [1.165, 1.54) is 11.1 Å². The van der Waals surface area contributed by atoms with Crippen LogP contribution in [0.5, 0.6) is 5.75 Å². The van der Waals surface area contributed by atoms with Gasteiger partial charge in [0.2, 0.25) is 5.69 Å². The molecule has 0 atom stereocenters. The van der Waals surface area contributed by atoms with Gasteiger partial charge in [-0.25, -0.2) is 14.8 Å². The van der Waals surface area contributed by atoms with Gasteiger partial charge in [0, 0.05) is 33.0 Å². The van der Waals surface area contributed by atoms with E-state index in [4.69, 9.17) is 16.5 Å². The van der Waals surface area contributed by atoms with Crippen molar-refractivity contribution in [1.82, 2.24) is 14.5 Å². The second-order valence-electron chi connectivity index (χ2n) is 18.4. The fraction of sp³-hybridized carbons (Fsp3) is 0.158. The van der Waals surface area contributed by atoms with Crippen LogP contribution in [-0.4, -0.2) is 19.6 Å². The molecule has 6 heteroatoms. The Labute approximate surface area is 369 Å². The summed E-state index contributed by atoms with van der Waals surface area (Å²) < 4.78 is 2.06. The summed E-state index contributed by atoms with van der Waals surface area (Å²) in [5.41, 5.74) is 15.2. The molecule has 0 aliphatic carbocycles. The van der Waals surface area contributed by atoms with Crippen LogP contribution >= 0.6 is 0 Å². The van der Waals surface area contributed by atoms with Crippen LogP contribution in [0, 0.1) is 24.8 Å². The van der Waals surface area contributed by atoms with Crippen molar-refractivity contribution >= 4 is 27.5 Å². The van der Waals surface area contributed by atoms with Gasteiger partial charge in [0.25, 0.3) is 0 Å². The third kappa shape index (κ3) is 7.62. The molecule has 3 heterocycles. The van der Waals surface area contributed by atoms with Gasteiger partial charge in [-0.15, -0.1) is 0 Å². The van der Waals surface area contributed by atoms with Gasteiger partial charge in [-0.1, -0.05) is 138 Å². The first-order chi connectivity index (χ1) is 30.2. The second-order valence-corrected chi connectivity index (χ2v) is 18.4. The minimum Gasteiger partial charge on any atom is -0.507 e. The fourth-order valence-corrected chi connectivity index (χ4v) is 8.46. The van der Waals surface area contributed by atoms with Crippen molar-refractivity contribution in [2.45, 2.75) is 59.3 Å². The van der Waals surface area contributed by atoms with E-state index >= 15 is 0 Å². The minimum absolute atomic E-state index is 0.0591. The number of nitriles is 1. The van der Waals surface area contributed by atoms with E-state index in [-0.39, 0.29) is 16.6 Å². The molecular weight excluding hydrogens is 771 g/mol. The maximum atomic E-state index is 11.1. The lowest BCUT2D eigenvalue weighted by Crippen LogP contribution is -2.16. The van der Waals surface area contributed by atoms with E-state index in [2.05, 4.69) is 130 Å². The maximum absolute atomic E-state index is 11.1. The average molecular weight is 818 g/mol. The number of phenols is 1. The highest BCUT2D eigenvalue weighted by atomic mass is 16.3. The van der Waals surface area contributed by atoms with E-state index in [1.807, 2.05) is 79.7 Å². The number of hydrogen-bond donors (Lipinski definition) is 1. The Kier molecular flexibility index (Phi) is 10.0. The van der Waals surface area contributed by atoms with E-state index < -0.39 is 0 Å². The zero-order chi connectivity index (χ0) is 44.2. The van der Waals surface area contributed by atoms with Gasteiger partial charge >= 0.3 is 0 Å². The van der Waals surface area contributed by atoms with Gasteiger partial charge in [0.15, 0.2) is 0 Å². The average Bonchev–Trinajstić information content (AvgIpc) is 3.61. The summed E-state index contributed by atoms with van der Waals surface area (Å²) in [6.45, 7) is 23.5. The first-order valence-electron chi connectivity index (χ1n) is 21.2. The van der Waals surface area contributed by atoms with Crippen LogP contribution in [0.2, 0.25) is 0 Å². The van der Waals surface area contributed by atoms with Crippen LogP contribution in [0.25, 0.3) is 88.5 Å². The Morgan fingerprint density at radius 3 is 1.83 bits per heavy atom. The first-order valence-corrected chi connectivity index (χ1v) is 21.2. The Balaban J connectivity index is 1.17. The zero-order valence-corrected chi connectivity index (χ0v) is 36.6. The molecule has 0 aliphatic rings. The normalized spacial score (nSPS) is 11.8. The number of hydrogen-bond acceptors (Lipinski definition) is 4. The van der Waals surface area contributed by atoms with Crippen molar-refractivity contribution < 1.29 is 5.11 Å². The fourth-order valence-electron chi connectivity index (χ4n) is 8.46. The van der Waals surface area contributed by atoms with E-state index in [9.17, 15) is 10.4 Å². The number of nitrogens with zero attached hydrogens (tertiary/aromatic N) is 5. The number of aryl methyl sites for hydroxylation is 1. The lowest BCUT2D eigenvalue weighted by atomic mass is 9.79. The molecule has 3 aromatic heterocycles. The van der Waals surface area contributed by atoms with Gasteiger partial charge in [-0.05, 0) is 101 Å². The van der Waals surface area contributed by atoms with Crippen molar-refractivity contribution in [2.75, 3.05) is 0 Å². The zero-order valence-electron chi connectivity index (χ0n) is 36.6. The maximum Gasteiger partial charge on any atom is 0.212 e. The molecule has 1 N–H and O–H groups in total. The molecule has 0 spiro atoms. The molecule has 9 aromatic rings. The highest BCUT2D eigenvalue weighted by Gasteiger charge is 2.23. The molecule has 0 saturated carbocycles. The molecule has 6 aromatic carbocycles. The largest absolute Gasteiger partial charge is 0.507 e. The summed E-state index contributed by atoms with van der Waals surface area (Å²) in [7, 11) is 0. The van der Waals surface area contributed by atoms with Crippen molar-refractivity contribution in [3.8, 4) is 73.7 Å². The van der Waals surface area contributed by atoms with Gasteiger partial charge in [-0.2, -0.15) is 5.26 Å². The van der Waals surface area contributed by atoms with Crippen LogP contribution in [-0.2, 0) is 10.8 Å². The molecule has 0 fully saturated rings. The molecule has 0 unspecified atom stereocenters. The summed E-state index contributed by atoms with van der Waals surface area (Å²) in [5, 5.41) is 23.4. The molecule has 0 radical (unpaired) electrons. The Morgan fingerprint density at radius 1 is 0.556 bits per heavy atom. The van der Waals surface area contributed by atoms with Gasteiger partial charge in [-0.3, -0.25) is 0 Å². The number of fused-ring (bicyclic) bond motifs is 3. The van der Waals surface area contributed by atoms with E-state index in [1.54, 1.807) is 6.07 Å². The van der Waals surface area contributed by atoms with Crippen LogP contribution < -0.4 is 0 Å². The predicted octanol–water partition coefficient (Wildman–Crippen LogP) is 14.9. The van der Waals surface area contributed by atoms with E-state index in [0.717, 1.165) is 72.3 Å². The molecule has 0 amide bonds. The van der Waals surface area contributed by atoms with Crippen molar-refractivity contribution in [3.05, 3.63) is 185 Å². The highest BCUT2D eigenvalue weighted by Crippen LogP contribution is 2.41. The number of aromatic nitrogens is 3. The molecule has 0 saturated heterocycles. The smallest absolute Gasteiger partial charge is 0.212 e. The van der Waals surface area contributed by atoms with Crippen LogP contribution in [0.15, 0.2) is 152 Å². The quantitative estimate of drug-likeness (QED) is 0.170. The predicted molar refractivity (Wildman–Crippen MR) is 258 cm³/mol. The van der Waals surface area contributed by atoms with Crippen LogP contribution in [0.4, 0.5) is 5.69 Å². The lowest BCUT2D eigenvalue weighted by Gasteiger charge is -2.26. The Hall–Kier alpha value is -7.80. The van der Waals surface area contributed by atoms with Crippen LogP contribution in [0.3, 0.4) is 0 Å². The second kappa shape index (κ2) is 15.6. The number of rotatable bonds is 6.